The van der Waals surface area contributed by atoms with E-state index < -0.39 is 11.7 Å². The van der Waals surface area contributed by atoms with Crippen molar-refractivity contribution in [1.29, 1.82) is 0 Å². The van der Waals surface area contributed by atoms with Crippen molar-refractivity contribution in [3.05, 3.63) is 35.2 Å². The van der Waals surface area contributed by atoms with Crippen molar-refractivity contribution < 1.29 is 13.2 Å². The maximum absolute atomic E-state index is 12.6. The average molecular weight is 272 g/mol. The van der Waals surface area contributed by atoms with E-state index in [1.165, 1.54) is 12.4 Å². The maximum Gasteiger partial charge on any atom is 0.416 e. The van der Waals surface area contributed by atoms with Crippen LogP contribution in [0.25, 0.3) is 21.9 Å². The zero-order valence-electron chi connectivity index (χ0n) is 8.72. The molecule has 0 atom stereocenters. The highest BCUT2D eigenvalue weighted by Gasteiger charge is 2.30. The van der Waals surface area contributed by atoms with Gasteiger partial charge in [-0.25, -0.2) is 9.97 Å². The molecule has 92 valence electrons. The van der Waals surface area contributed by atoms with Crippen molar-refractivity contribution in [2.24, 2.45) is 0 Å². The zero-order valence-corrected chi connectivity index (χ0v) is 9.47. The third-order valence-electron chi connectivity index (χ3n) is 2.67. The second-order valence-corrected chi connectivity index (χ2v) is 4.13. The fourth-order valence-corrected chi connectivity index (χ4v) is 2.10. The molecule has 0 radical (unpaired) electrons. The van der Waals surface area contributed by atoms with Gasteiger partial charge in [0.1, 0.15) is 17.1 Å². The number of nitrogens with one attached hydrogen (secondary N) is 1. The number of hydrogen-bond donors (Lipinski definition) is 1. The molecule has 0 aliphatic carbocycles. The highest BCUT2D eigenvalue weighted by atomic mass is 35.5. The molecule has 0 bridgehead atoms. The molecule has 0 spiro atoms. The topological polar surface area (TPSA) is 41.6 Å². The van der Waals surface area contributed by atoms with E-state index >= 15 is 0 Å². The summed E-state index contributed by atoms with van der Waals surface area (Å²) in [5.41, 5.74) is 0.237. The predicted octanol–water partition coefficient (Wildman–Crippen LogP) is 3.78. The minimum absolute atomic E-state index is 0.130. The first-order chi connectivity index (χ1) is 8.47. The van der Waals surface area contributed by atoms with Gasteiger partial charge >= 0.3 is 6.18 Å². The van der Waals surface area contributed by atoms with E-state index in [0.29, 0.717) is 21.9 Å². The molecule has 0 saturated heterocycles. The number of hydrogen-bond acceptors (Lipinski definition) is 2. The summed E-state index contributed by atoms with van der Waals surface area (Å²) in [5, 5.41) is 0.899. The van der Waals surface area contributed by atoms with Crippen molar-refractivity contribution in [2.45, 2.75) is 6.18 Å². The molecule has 3 rings (SSSR count). The summed E-state index contributed by atoms with van der Waals surface area (Å²) in [6.45, 7) is 0. The van der Waals surface area contributed by atoms with Crippen LogP contribution >= 0.6 is 11.6 Å². The van der Waals surface area contributed by atoms with Crippen LogP contribution in [0.1, 0.15) is 5.56 Å². The molecule has 3 aromatic rings. The smallest absolute Gasteiger partial charge is 0.339 e. The van der Waals surface area contributed by atoms with Crippen molar-refractivity contribution in [3.63, 3.8) is 0 Å². The van der Waals surface area contributed by atoms with Crippen LogP contribution in [0.15, 0.2) is 24.5 Å². The van der Waals surface area contributed by atoms with E-state index in [-0.39, 0.29) is 5.15 Å². The monoisotopic (exact) mass is 271 g/mol. The summed E-state index contributed by atoms with van der Waals surface area (Å²) >= 11 is 5.89. The van der Waals surface area contributed by atoms with E-state index in [0.717, 1.165) is 12.1 Å². The summed E-state index contributed by atoms with van der Waals surface area (Å²) in [5.74, 6) is 0. The van der Waals surface area contributed by atoms with Gasteiger partial charge < -0.3 is 4.98 Å². The van der Waals surface area contributed by atoms with Gasteiger partial charge in [-0.05, 0) is 18.2 Å². The Hall–Kier alpha value is -1.82. The minimum atomic E-state index is -4.39. The third kappa shape index (κ3) is 1.60. The second kappa shape index (κ2) is 3.58. The SMILES string of the molecule is FC(F)(F)c1ccc2[nH]c3ncnc(Cl)c3c2c1. The first-order valence-electron chi connectivity index (χ1n) is 4.96. The fourth-order valence-electron chi connectivity index (χ4n) is 1.86. The Bertz CT molecular complexity index is 748. The lowest BCUT2D eigenvalue weighted by molar-refractivity contribution is -0.137. The van der Waals surface area contributed by atoms with Crippen LogP contribution in [0.4, 0.5) is 13.2 Å². The molecule has 18 heavy (non-hydrogen) atoms. The number of benzene rings is 1. The molecule has 0 amide bonds. The van der Waals surface area contributed by atoms with Gasteiger partial charge in [0.2, 0.25) is 0 Å². The van der Waals surface area contributed by atoms with Gasteiger partial charge in [0.05, 0.1) is 10.9 Å². The predicted molar refractivity (Wildman–Crippen MR) is 61.4 cm³/mol. The van der Waals surface area contributed by atoms with Crippen molar-refractivity contribution in [1.82, 2.24) is 15.0 Å². The Morgan fingerprint density at radius 1 is 1.17 bits per heavy atom. The van der Waals surface area contributed by atoms with Gasteiger partial charge in [-0.3, -0.25) is 0 Å². The van der Waals surface area contributed by atoms with Crippen molar-refractivity contribution in [3.8, 4) is 0 Å². The van der Waals surface area contributed by atoms with E-state index in [9.17, 15) is 13.2 Å². The van der Waals surface area contributed by atoms with Crippen LogP contribution < -0.4 is 0 Å². The fraction of sp³-hybridized carbons (Fsp3) is 0.0909. The Morgan fingerprint density at radius 3 is 2.67 bits per heavy atom. The summed E-state index contributed by atoms with van der Waals surface area (Å²) < 4.78 is 37.9. The largest absolute Gasteiger partial charge is 0.416 e. The number of aromatic nitrogens is 3. The number of rotatable bonds is 0. The first kappa shape index (κ1) is 11.3. The van der Waals surface area contributed by atoms with Crippen LogP contribution in [0, 0.1) is 0 Å². The molecular formula is C11H5ClF3N3. The summed E-state index contributed by atoms with van der Waals surface area (Å²) in [6.07, 6.45) is -3.13. The van der Waals surface area contributed by atoms with Crippen molar-refractivity contribution in [2.75, 3.05) is 0 Å². The lowest BCUT2D eigenvalue weighted by Crippen LogP contribution is -2.03. The average Bonchev–Trinajstić information content (AvgIpc) is 2.66. The van der Waals surface area contributed by atoms with Crippen LogP contribution in [0.2, 0.25) is 5.15 Å². The van der Waals surface area contributed by atoms with Gasteiger partial charge in [0.25, 0.3) is 0 Å². The molecule has 2 aromatic heterocycles. The number of halogens is 4. The Balaban J connectivity index is 2.42. The number of aromatic amines is 1. The van der Waals surface area contributed by atoms with E-state index in [4.69, 9.17) is 11.6 Å². The van der Waals surface area contributed by atoms with Crippen LogP contribution in [-0.4, -0.2) is 15.0 Å². The molecule has 3 nitrogen and oxygen atoms in total. The molecule has 0 aliphatic heterocycles. The molecule has 0 aliphatic rings. The molecule has 0 unspecified atom stereocenters. The second-order valence-electron chi connectivity index (χ2n) is 3.77. The highest BCUT2D eigenvalue weighted by Crippen LogP contribution is 2.35. The zero-order chi connectivity index (χ0) is 12.9. The Morgan fingerprint density at radius 2 is 1.94 bits per heavy atom. The molecule has 2 heterocycles. The minimum Gasteiger partial charge on any atom is -0.339 e. The summed E-state index contributed by atoms with van der Waals surface area (Å²) in [7, 11) is 0. The van der Waals surface area contributed by atoms with E-state index in [1.807, 2.05) is 0 Å². The molecule has 1 N–H and O–H groups in total. The standard InChI is InChI=1S/C11H5ClF3N3/c12-9-8-6-3-5(11(13,14)15)1-2-7(6)18-10(8)17-4-16-9/h1-4H,(H,16,17,18). The number of alkyl halides is 3. The lowest BCUT2D eigenvalue weighted by atomic mass is 10.1. The molecule has 7 heteroatoms. The van der Waals surface area contributed by atoms with Gasteiger partial charge in [0, 0.05) is 10.9 Å². The van der Waals surface area contributed by atoms with Crippen LogP contribution in [0.5, 0.6) is 0 Å². The molecule has 0 fully saturated rings. The van der Waals surface area contributed by atoms with Gasteiger partial charge in [-0.1, -0.05) is 11.6 Å². The number of nitrogens with zero attached hydrogens (tertiary/aromatic N) is 2. The summed E-state index contributed by atoms with van der Waals surface area (Å²) in [4.78, 5) is 10.6. The maximum atomic E-state index is 12.6. The number of fused-ring (bicyclic) bond motifs is 3. The van der Waals surface area contributed by atoms with Crippen molar-refractivity contribution >= 4 is 33.5 Å². The number of H-pyrrole nitrogens is 1. The summed E-state index contributed by atoms with van der Waals surface area (Å²) in [6, 6.07) is 3.42. The first-order valence-corrected chi connectivity index (χ1v) is 5.34. The lowest BCUT2D eigenvalue weighted by Gasteiger charge is -2.05. The van der Waals surface area contributed by atoms with Crippen LogP contribution in [-0.2, 0) is 6.18 Å². The quantitative estimate of drug-likeness (QED) is 0.632. The van der Waals surface area contributed by atoms with Gasteiger partial charge in [-0.15, -0.1) is 0 Å². The normalized spacial score (nSPS) is 12.4. The third-order valence-corrected chi connectivity index (χ3v) is 2.96. The van der Waals surface area contributed by atoms with Crippen LogP contribution in [0.3, 0.4) is 0 Å². The van der Waals surface area contributed by atoms with Gasteiger partial charge in [0.15, 0.2) is 0 Å². The van der Waals surface area contributed by atoms with E-state index in [2.05, 4.69) is 15.0 Å². The molecule has 1 aromatic carbocycles. The molecule has 0 saturated carbocycles. The molecular weight excluding hydrogens is 267 g/mol. The van der Waals surface area contributed by atoms with Gasteiger partial charge in [-0.2, -0.15) is 13.2 Å². The highest BCUT2D eigenvalue weighted by molar-refractivity contribution is 6.36. The Kier molecular flexibility index (Phi) is 2.25. The van der Waals surface area contributed by atoms with E-state index in [1.54, 1.807) is 0 Å². The Labute approximate surface area is 104 Å².